The minimum absolute atomic E-state index is 0.0638. The molecule has 1 fully saturated rings. The van der Waals surface area contributed by atoms with Gasteiger partial charge in [0.15, 0.2) is 0 Å². The highest BCUT2D eigenvalue weighted by Gasteiger charge is 2.27. The fraction of sp³-hybridized carbons (Fsp3) is 0.455. The van der Waals surface area contributed by atoms with Crippen molar-refractivity contribution >= 4 is 5.91 Å². The number of hydrogen-bond donors (Lipinski definition) is 0. The zero-order valence-corrected chi connectivity index (χ0v) is 16.0. The van der Waals surface area contributed by atoms with Crippen LogP contribution in [0.2, 0.25) is 0 Å². The summed E-state index contributed by atoms with van der Waals surface area (Å²) in [6.07, 6.45) is 2.89. The van der Waals surface area contributed by atoms with Crippen molar-refractivity contribution in [3.8, 4) is 0 Å². The number of aromatic nitrogens is 1. The molecule has 0 bridgehead atoms. The number of hydrogen-bond acceptors (Lipinski definition) is 3. The number of benzene rings is 1. The molecule has 1 aromatic heterocycles. The minimum atomic E-state index is -0.188. The van der Waals surface area contributed by atoms with Gasteiger partial charge in [0.25, 0.3) is 11.5 Å². The van der Waals surface area contributed by atoms with E-state index < -0.39 is 0 Å². The van der Waals surface area contributed by atoms with Gasteiger partial charge >= 0.3 is 0 Å². The highest BCUT2D eigenvalue weighted by atomic mass is 16.5. The molecule has 0 radical (unpaired) electrons. The number of pyridine rings is 1. The van der Waals surface area contributed by atoms with E-state index in [4.69, 9.17) is 4.74 Å². The Morgan fingerprint density at radius 1 is 1.22 bits per heavy atom. The summed E-state index contributed by atoms with van der Waals surface area (Å²) < 4.78 is 7.41. The van der Waals surface area contributed by atoms with E-state index in [9.17, 15) is 9.59 Å². The molecule has 2 aliphatic rings. The molecule has 1 atom stereocenters. The fourth-order valence-corrected chi connectivity index (χ4v) is 4.23. The smallest absolute Gasteiger partial charge is 0.263 e. The summed E-state index contributed by atoms with van der Waals surface area (Å²) >= 11 is 0. The molecule has 0 N–H and O–H groups in total. The summed E-state index contributed by atoms with van der Waals surface area (Å²) in [5.41, 5.74) is 4.21. The quantitative estimate of drug-likeness (QED) is 0.839. The SMILES string of the molecule is Cc1cc(C)n(CC2CCCO2)c(=O)c1C(=O)N1CCc2ccccc2C1. The molecule has 0 aliphatic carbocycles. The molecule has 1 saturated heterocycles. The number of carbonyl (C=O) groups excluding carboxylic acids is 1. The molecular formula is C22H26N2O3. The second-order valence-electron chi connectivity index (χ2n) is 7.64. The van der Waals surface area contributed by atoms with E-state index in [0.717, 1.165) is 37.1 Å². The molecule has 142 valence electrons. The van der Waals surface area contributed by atoms with E-state index in [1.807, 2.05) is 32.0 Å². The number of fused-ring (bicyclic) bond motifs is 1. The average molecular weight is 366 g/mol. The Balaban J connectivity index is 1.65. The third-order valence-corrected chi connectivity index (χ3v) is 5.75. The first-order valence-electron chi connectivity index (χ1n) is 9.73. The lowest BCUT2D eigenvalue weighted by molar-refractivity contribution is 0.0728. The maximum atomic E-state index is 13.2. The van der Waals surface area contributed by atoms with E-state index in [1.54, 1.807) is 9.47 Å². The van der Waals surface area contributed by atoms with Gasteiger partial charge in [0.2, 0.25) is 0 Å². The van der Waals surface area contributed by atoms with E-state index in [0.29, 0.717) is 25.2 Å². The first-order valence-corrected chi connectivity index (χ1v) is 9.73. The van der Waals surface area contributed by atoms with E-state index in [1.165, 1.54) is 11.1 Å². The van der Waals surface area contributed by atoms with Gasteiger partial charge in [-0.25, -0.2) is 0 Å². The Labute approximate surface area is 159 Å². The van der Waals surface area contributed by atoms with Gasteiger partial charge in [0, 0.05) is 25.4 Å². The third kappa shape index (κ3) is 3.44. The van der Waals surface area contributed by atoms with Crippen LogP contribution in [0.15, 0.2) is 35.1 Å². The average Bonchev–Trinajstić information content (AvgIpc) is 3.17. The van der Waals surface area contributed by atoms with Crippen molar-refractivity contribution in [2.24, 2.45) is 0 Å². The van der Waals surface area contributed by atoms with E-state index >= 15 is 0 Å². The maximum Gasteiger partial charge on any atom is 0.263 e. The predicted molar refractivity (Wildman–Crippen MR) is 104 cm³/mol. The van der Waals surface area contributed by atoms with Gasteiger partial charge in [-0.05, 0) is 55.9 Å². The number of rotatable bonds is 3. The van der Waals surface area contributed by atoms with Gasteiger partial charge in [-0.2, -0.15) is 0 Å². The van der Waals surface area contributed by atoms with Gasteiger partial charge < -0.3 is 14.2 Å². The van der Waals surface area contributed by atoms with E-state index in [2.05, 4.69) is 12.1 Å². The van der Waals surface area contributed by atoms with Crippen LogP contribution in [0.5, 0.6) is 0 Å². The van der Waals surface area contributed by atoms with Crippen LogP contribution < -0.4 is 5.56 Å². The number of carbonyl (C=O) groups is 1. The van der Waals surface area contributed by atoms with Crippen LogP contribution in [0, 0.1) is 13.8 Å². The zero-order valence-electron chi connectivity index (χ0n) is 16.0. The van der Waals surface area contributed by atoms with Crippen molar-refractivity contribution in [2.75, 3.05) is 13.2 Å². The van der Waals surface area contributed by atoms with Crippen molar-refractivity contribution in [2.45, 2.75) is 52.3 Å². The van der Waals surface area contributed by atoms with Crippen LogP contribution in [0.1, 0.15) is 45.6 Å². The summed E-state index contributed by atoms with van der Waals surface area (Å²) in [4.78, 5) is 28.2. The molecule has 5 nitrogen and oxygen atoms in total. The summed E-state index contributed by atoms with van der Waals surface area (Å²) in [6, 6.07) is 10.2. The van der Waals surface area contributed by atoms with Crippen LogP contribution >= 0.6 is 0 Å². The highest BCUT2D eigenvalue weighted by molar-refractivity contribution is 5.95. The fourth-order valence-electron chi connectivity index (χ4n) is 4.23. The highest BCUT2D eigenvalue weighted by Crippen LogP contribution is 2.21. The van der Waals surface area contributed by atoms with Crippen LogP contribution in [-0.4, -0.2) is 34.6 Å². The minimum Gasteiger partial charge on any atom is -0.376 e. The largest absolute Gasteiger partial charge is 0.376 e. The van der Waals surface area contributed by atoms with E-state index in [-0.39, 0.29) is 17.6 Å². The summed E-state index contributed by atoms with van der Waals surface area (Å²) in [7, 11) is 0. The van der Waals surface area contributed by atoms with Crippen molar-refractivity contribution < 1.29 is 9.53 Å². The Hall–Kier alpha value is -2.40. The molecule has 0 spiro atoms. The molecule has 2 aliphatic heterocycles. The van der Waals surface area contributed by atoms with Crippen LogP contribution in [0.3, 0.4) is 0 Å². The lowest BCUT2D eigenvalue weighted by atomic mass is 9.99. The molecule has 3 heterocycles. The normalized spacial score (nSPS) is 19.2. The monoisotopic (exact) mass is 366 g/mol. The predicted octanol–water partition coefficient (Wildman–Crippen LogP) is 2.84. The first kappa shape index (κ1) is 18.0. The topological polar surface area (TPSA) is 51.5 Å². The second kappa shape index (κ2) is 7.31. The van der Waals surface area contributed by atoms with Gasteiger partial charge in [-0.1, -0.05) is 24.3 Å². The van der Waals surface area contributed by atoms with Gasteiger partial charge in [0.05, 0.1) is 12.6 Å². The Bertz CT molecular complexity index is 926. The van der Waals surface area contributed by atoms with Crippen molar-refractivity contribution in [1.82, 2.24) is 9.47 Å². The van der Waals surface area contributed by atoms with Gasteiger partial charge in [-0.3, -0.25) is 9.59 Å². The molecule has 2 aromatic rings. The van der Waals surface area contributed by atoms with Crippen LogP contribution in [0.25, 0.3) is 0 Å². The van der Waals surface area contributed by atoms with Gasteiger partial charge in [0.1, 0.15) is 5.56 Å². The lowest BCUT2D eigenvalue weighted by Gasteiger charge is -2.29. The Morgan fingerprint density at radius 3 is 2.74 bits per heavy atom. The Morgan fingerprint density at radius 2 is 2.00 bits per heavy atom. The molecular weight excluding hydrogens is 340 g/mol. The summed E-state index contributed by atoms with van der Waals surface area (Å²) in [6.45, 7) is 6.27. The zero-order chi connectivity index (χ0) is 19.0. The molecule has 4 rings (SSSR count). The lowest BCUT2D eigenvalue weighted by Crippen LogP contribution is -2.41. The molecule has 1 unspecified atom stereocenters. The maximum absolute atomic E-state index is 13.2. The third-order valence-electron chi connectivity index (χ3n) is 5.75. The summed E-state index contributed by atoms with van der Waals surface area (Å²) in [5, 5.41) is 0. The molecule has 1 amide bonds. The molecule has 5 heteroatoms. The number of aryl methyl sites for hydroxylation is 2. The second-order valence-corrected chi connectivity index (χ2v) is 7.64. The van der Waals surface area contributed by atoms with Crippen molar-refractivity contribution in [1.29, 1.82) is 0 Å². The number of nitrogens with zero attached hydrogens (tertiary/aromatic N) is 2. The summed E-state index contributed by atoms with van der Waals surface area (Å²) in [5.74, 6) is -0.159. The standard InChI is InChI=1S/C22H26N2O3/c1-15-12-16(2)24(14-19-8-5-11-27-19)22(26)20(15)21(25)23-10-9-17-6-3-4-7-18(17)13-23/h3-4,6-7,12,19H,5,8-11,13-14H2,1-2H3. The van der Waals surface area contributed by atoms with Gasteiger partial charge in [-0.15, -0.1) is 0 Å². The Kier molecular flexibility index (Phi) is 4.87. The molecule has 1 aromatic carbocycles. The van der Waals surface area contributed by atoms with Crippen LogP contribution in [-0.2, 0) is 24.2 Å². The number of ether oxygens (including phenoxy) is 1. The number of amides is 1. The van der Waals surface area contributed by atoms with Crippen LogP contribution in [0.4, 0.5) is 0 Å². The van der Waals surface area contributed by atoms with Crippen molar-refractivity contribution in [3.05, 3.63) is 68.6 Å². The van der Waals surface area contributed by atoms with Crippen molar-refractivity contribution in [3.63, 3.8) is 0 Å². The first-order chi connectivity index (χ1) is 13.0. The molecule has 0 saturated carbocycles. The molecule has 27 heavy (non-hydrogen) atoms.